The zero-order valence-corrected chi connectivity index (χ0v) is 22.0. The van der Waals surface area contributed by atoms with Crippen LogP contribution in [0.2, 0.25) is 0 Å². The largest absolute Gasteiger partial charge is 0.459 e. The molecule has 0 radical (unpaired) electrons. The quantitative estimate of drug-likeness (QED) is 0.384. The van der Waals surface area contributed by atoms with Crippen molar-refractivity contribution in [3.8, 4) is 0 Å². The van der Waals surface area contributed by atoms with Crippen LogP contribution in [0.1, 0.15) is 80.1 Å². The summed E-state index contributed by atoms with van der Waals surface area (Å²) in [5.74, 6) is 0.317. The molecule has 33 heavy (non-hydrogen) atoms. The Bertz CT molecular complexity index is 862. The monoisotopic (exact) mass is 474 g/mol. The smallest absolute Gasteiger partial charge is 0.319 e. The van der Waals surface area contributed by atoms with E-state index in [1.807, 2.05) is 27.7 Å². The standard InChI is InChI=1S/C28H42O4S/c1-17-21(15-22(29)16-25(17)30)11-10-20-9-8-14-28(7)23(12-13-24(20)28)18(2)33-19(3)26(31)32-27(4,5)6/h10-12,18-19,22,24-25,29-30H,1,8-9,13-16H2,2-7H3/b20-10+,21-11-/t18?,19?,22-,24+,25+,28-/m1/s1. The van der Waals surface area contributed by atoms with Gasteiger partial charge in [0.1, 0.15) is 10.9 Å². The third-order valence-electron chi connectivity index (χ3n) is 7.46. The summed E-state index contributed by atoms with van der Waals surface area (Å²) in [6, 6.07) is 0. The van der Waals surface area contributed by atoms with E-state index in [-0.39, 0.29) is 21.9 Å². The molecule has 0 aliphatic heterocycles. The fourth-order valence-electron chi connectivity index (χ4n) is 5.77. The highest BCUT2D eigenvalue weighted by Gasteiger charge is 2.46. The first-order valence-corrected chi connectivity index (χ1v) is 13.3. The van der Waals surface area contributed by atoms with Gasteiger partial charge >= 0.3 is 5.97 Å². The van der Waals surface area contributed by atoms with Crippen LogP contribution in [0.5, 0.6) is 0 Å². The lowest BCUT2D eigenvalue weighted by atomic mass is 9.64. The number of fused-ring (bicyclic) bond motifs is 1. The van der Waals surface area contributed by atoms with Crippen LogP contribution in [-0.4, -0.2) is 44.5 Å². The Balaban J connectivity index is 1.72. The summed E-state index contributed by atoms with van der Waals surface area (Å²) in [6.45, 7) is 16.3. The lowest BCUT2D eigenvalue weighted by molar-refractivity contribution is -0.153. The van der Waals surface area contributed by atoms with Crippen molar-refractivity contribution in [2.24, 2.45) is 11.3 Å². The average molecular weight is 475 g/mol. The van der Waals surface area contributed by atoms with Crippen LogP contribution in [0, 0.1) is 11.3 Å². The molecule has 6 atom stereocenters. The highest BCUT2D eigenvalue weighted by molar-refractivity contribution is 8.01. The van der Waals surface area contributed by atoms with Gasteiger partial charge in [0.2, 0.25) is 0 Å². The topological polar surface area (TPSA) is 66.8 Å². The number of allylic oxidation sites excluding steroid dienone is 4. The Morgan fingerprint density at radius 3 is 2.67 bits per heavy atom. The summed E-state index contributed by atoms with van der Waals surface area (Å²) in [5, 5.41) is 20.3. The van der Waals surface area contributed by atoms with Crippen LogP contribution in [0.3, 0.4) is 0 Å². The molecular weight excluding hydrogens is 432 g/mol. The molecule has 5 heteroatoms. The minimum absolute atomic E-state index is 0.102. The van der Waals surface area contributed by atoms with Gasteiger partial charge in [0.15, 0.2) is 0 Å². The van der Waals surface area contributed by atoms with Crippen molar-refractivity contribution in [2.45, 2.75) is 108 Å². The maximum Gasteiger partial charge on any atom is 0.319 e. The predicted octanol–water partition coefficient (Wildman–Crippen LogP) is 5.90. The Morgan fingerprint density at radius 1 is 1.30 bits per heavy atom. The highest BCUT2D eigenvalue weighted by atomic mass is 32.2. The summed E-state index contributed by atoms with van der Waals surface area (Å²) >= 11 is 1.70. The Morgan fingerprint density at radius 2 is 2.00 bits per heavy atom. The Hall–Kier alpha value is -1.30. The molecule has 0 saturated heterocycles. The number of thioether (sulfide) groups is 1. The minimum atomic E-state index is -0.653. The van der Waals surface area contributed by atoms with Crippen molar-refractivity contribution in [3.63, 3.8) is 0 Å². The van der Waals surface area contributed by atoms with Crippen molar-refractivity contribution < 1.29 is 19.7 Å². The molecule has 3 aliphatic carbocycles. The van der Waals surface area contributed by atoms with Crippen LogP contribution in [0.4, 0.5) is 0 Å². The van der Waals surface area contributed by atoms with Gasteiger partial charge in [0.25, 0.3) is 0 Å². The van der Waals surface area contributed by atoms with Crippen LogP contribution in [-0.2, 0) is 9.53 Å². The molecule has 0 amide bonds. The lowest BCUT2D eigenvalue weighted by Crippen LogP contribution is -2.34. The van der Waals surface area contributed by atoms with Gasteiger partial charge in [0, 0.05) is 11.7 Å². The van der Waals surface area contributed by atoms with Crippen molar-refractivity contribution in [3.05, 3.63) is 47.1 Å². The number of hydrogen-bond donors (Lipinski definition) is 2. The fourth-order valence-corrected chi connectivity index (χ4v) is 7.05. The summed E-state index contributed by atoms with van der Waals surface area (Å²) in [7, 11) is 0. The number of aliphatic hydroxyl groups excluding tert-OH is 2. The summed E-state index contributed by atoms with van der Waals surface area (Å²) in [5.41, 5.74) is 4.24. The number of esters is 1. The van der Waals surface area contributed by atoms with Gasteiger partial charge in [0.05, 0.1) is 12.2 Å². The maximum atomic E-state index is 12.5. The van der Waals surface area contributed by atoms with Gasteiger partial charge in [-0.25, -0.2) is 0 Å². The Kier molecular flexibility index (Phi) is 8.08. The van der Waals surface area contributed by atoms with Crippen molar-refractivity contribution in [2.75, 3.05) is 0 Å². The molecule has 184 valence electrons. The third kappa shape index (κ3) is 6.04. The van der Waals surface area contributed by atoms with Gasteiger partial charge in [-0.15, -0.1) is 11.8 Å². The number of hydrogen-bond acceptors (Lipinski definition) is 5. The zero-order chi connectivity index (χ0) is 24.6. The molecule has 0 spiro atoms. The Labute approximate surface area is 204 Å². The number of rotatable bonds is 5. The van der Waals surface area contributed by atoms with Gasteiger partial charge < -0.3 is 14.9 Å². The predicted molar refractivity (Wildman–Crippen MR) is 137 cm³/mol. The van der Waals surface area contributed by atoms with E-state index >= 15 is 0 Å². The number of aliphatic hydroxyl groups is 2. The molecule has 3 aliphatic rings. The second kappa shape index (κ2) is 10.1. The van der Waals surface area contributed by atoms with E-state index in [0.29, 0.717) is 18.8 Å². The number of carbonyl (C=O) groups is 1. The molecule has 2 unspecified atom stereocenters. The lowest BCUT2D eigenvalue weighted by Gasteiger charge is -2.42. The van der Waals surface area contributed by atoms with E-state index in [1.54, 1.807) is 11.8 Å². The van der Waals surface area contributed by atoms with Crippen LogP contribution in [0.15, 0.2) is 47.1 Å². The van der Waals surface area contributed by atoms with Crippen LogP contribution >= 0.6 is 11.8 Å². The molecule has 0 heterocycles. The zero-order valence-electron chi connectivity index (χ0n) is 21.2. The third-order valence-corrected chi connectivity index (χ3v) is 8.72. The second-order valence-electron chi connectivity index (χ2n) is 11.2. The summed E-state index contributed by atoms with van der Waals surface area (Å²) in [4.78, 5) is 12.5. The molecule has 0 aromatic heterocycles. The highest BCUT2D eigenvalue weighted by Crippen LogP contribution is 2.57. The average Bonchev–Trinajstić information content (AvgIpc) is 3.05. The molecule has 2 N–H and O–H groups in total. The first-order valence-electron chi connectivity index (χ1n) is 12.4. The van der Waals surface area contributed by atoms with E-state index in [4.69, 9.17) is 4.74 Å². The van der Waals surface area contributed by atoms with E-state index in [0.717, 1.165) is 36.8 Å². The molecule has 0 aromatic rings. The SMILES string of the molecule is C=C1/C(=C\C=C2/CCC[C@]3(C)C(C(C)SC(C)C(=O)OC(C)(C)C)=CC[C@@H]23)C[C@@H](O)C[C@@H]1O. The fraction of sp³-hybridized carbons (Fsp3) is 0.679. The number of carbonyl (C=O) groups excluding carboxylic acids is 1. The van der Waals surface area contributed by atoms with E-state index in [1.165, 1.54) is 11.1 Å². The van der Waals surface area contributed by atoms with E-state index < -0.39 is 17.8 Å². The van der Waals surface area contributed by atoms with Crippen LogP contribution in [0.25, 0.3) is 0 Å². The minimum Gasteiger partial charge on any atom is -0.459 e. The van der Waals surface area contributed by atoms with Gasteiger partial charge in [-0.05, 0) is 89.2 Å². The molecule has 2 fully saturated rings. The molecule has 2 saturated carbocycles. The van der Waals surface area contributed by atoms with Crippen LogP contribution < -0.4 is 0 Å². The summed E-state index contributed by atoms with van der Waals surface area (Å²) in [6.07, 6.45) is 10.9. The second-order valence-corrected chi connectivity index (χ2v) is 12.9. The maximum absolute atomic E-state index is 12.5. The molecule has 0 bridgehead atoms. The molecule has 4 nitrogen and oxygen atoms in total. The van der Waals surface area contributed by atoms with Gasteiger partial charge in [-0.1, -0.05) is 42.9 Å². The van der Waals surface area contributed by atoms with Crippen molar-refractivity contribution in [1.29, 1.82) is 0 Å². The molecule has 3 rings (SSSR count). The first kappa shape index (κ1) is 26.3. The van der Waals surface area contributed by atoms with Gasteiger partial charge in [-0.3, -0.25) is 4.79 Å². The molecule has 0 aromatic carbocycles. The first-order chi connectivity index (χ1) is 15.3. The normalized spacial score (nSPS) is 34.7. The summed E-state index contributed by atoms with van der Waals surface area (Å²) < 4.78 is 5.59. The van der Waals surface area contributed by atoms with Crippen molar-refractivity contribution >= 4 is 17.7 Å². The number of ether oxygens (including phenoxy) is 1. The van der Waals surface area contributed by atoms with Gasteiger partial charge in [-0.2, -0.15) is 0 Å². The van der Waals surface area contributed by atoms with E-state index in [9.17, 15) is 15.0 Å². The van der Waals surface area contributed by atoms with Crippen molar-refractivity contribution in [1.82, 2.24) is 0 Å². The molecular formula is C28H42O4S. The van der Waals surface area contributed by atoms with E-state index in [2.05, 4.69) is 38.7 Å².